The van der Waals surface area contributed by atoms with Crippen molar-refractivity contribution in [2.45, 2.75) is 51.1 Å². The topological polar surface area (TPSA) is 102 Å². The zero-order chi connectivity index (χ0) is 31.2. The molecule has 3 aliphatic heterocycles. The lowest BCUT2D eigenvalue weighted by Crippen LogP contribution is -2.42. The summed E-state index contributed by atoms with van der Waals surface area (Å²) in [5, 5.41) is 3.50. The van der Waals surface area contributed by atoms with E-state index in [1.165, 1.54) is 0 Å². The van der Waals surface area contributed by atoms with Gasteiger partial charge in [-0.3, -0.25) is 14.6 Å². The Labute approximate surface area is 259 Å². The highest BCUT2D eigenvalue weighted by atomic mass is 16.5. The second kappa shape index (κ2) is 13.9. The summed E-state index contributed by atoms with van der Waals surface area (Å²) < 4.78 is 23.4. The number of ether oxygens (including phenoxy) is 4. The Morgan fingerprint density at radius 2 is 1.75 bits per heavy atom. The van der Waals surface area contributed by atoms with Crippen LogP contribution in [0.15, 0.2) is 54.1 Å². The Balaban J connectivity index is 1.21. The van der Waals surface area contributed by atoms with Crippen LogP contribution in [-0.2, 0) is 11.2 Å². The molecule has 0 bridgehead atoms. The monoisotopic (exact) mass is 602 g/mol. The average molecular weight is 603 g/mol. The van der Waals surface area contributed by atoms with Gasteiger partial charge in [0.2, 0.25) is 5.91 Å². The summed E-state index contributed by atoms with van der Waals surface area (Å²) in [7, 11) is 3.15. The Bertz CT molecular complexity index is 1450. The molecule has 0 spiro atoms. The van der Waals surface area contributed by atoms with Crippen molar-refractivity contribution in [2.75, 3.05) is 52.4 Å². The highest BCUT2D eigenvalue weighted by Gasteiger charge is 2.33. The molecule has 10 heteroatoms. The molecule has 3 aliphatic rings. The number of methoxy groups -OCH3 is 2. The van der Waals surface area contributed by atoms with Gasteiger partial charge in [0.25, 0.3) is 5.91 Å². The van der Waals surface area contributed by atoms with E-state index in [4.69, 9.17) is 18.9 Å². The third-order valence-corrected chi connectivity index (χ3v) is 8.24. The summed E-state index contributed by atoms with van der Waals surface area (Å²) in [5.41, 5.74) is 3.89. The Hall–Kier alpha value is -4.47. The van der Waals surface area contributed by atoms with E-state index in [2.05, 4.69) is 23.5 Å². The molecule has 44 heavy (non-hydrogen) atoms. The number of carbonyl (C=O) groups excluding carboxylic acids is 2. The summed E-state index contributed by atoms with van der Waals surface area (Å²) in [4.78, 5) is 34.7. The average Bonchev–Trinajstić information content (AvgIpc) is 3.35. The first kappa shape index (κ1) is 31.0. The number of unbranched alkanes of at least 4 members (excludes halogenated alkanes) is 1. The number of carbonyl (C=O) groups is 2. The predicted octanol–water partition coefficient (Wildman–Crippen LogP) is 5.19. The summed E-state index contributed by atoms with van der Waals surface area (Å²) in [6.45, 7) is 12.5. The molecule has 3 heterocycles. The van der Waals surface area contributed by atoms with Crippen molar-refractivity contribution < 1.29 is 28.5 Å². The zero-order valence-corrected chi connectivity index (χ0v) is 25.9. The number of anilines is 1. The van der Waals surface area contributed by atoms with E-state index < -0.39 is 0 Å². The third kappa shape index (κ3) is 6.69. The van der Waals surface area contributed by atoms with Gasteiger partial charge in [-0.05, 0) is 43.9 Å². The van der Waals surface area contributed by atoms with Gasteiger partial charge < -0.3 is 34.1 Å². The van der Waals surface area contributed by atoms with E-state index in [9.17, 15) is 9.59 Å². The number of allylic oxidation sites excluding steroid dienone is 1. The third-order valence-electron chi connectivity index (χ3n) is 8.24. The first-order valence-corrected chi connectivity index (χ1v) is 15.2. The van der Waals surface area contributed by atoms with Crippen LogP contribution in [0, 0.1) is 0 Å². The lowest BCUT2D eigenvalue weighted by Gasteiger charge is -2.29. The number of rotatable bonds is 12. The van der Waals surface area contributed by atoms with Gasteiger partial charge in [0.15, 0.2) is 23.0 Å². The second-order valence-corrected chi connectivity index (χ2v) is 11.4. The van der Waals surface area contributed by atoms with Crippen LogP contribution in [0.3, 0.4) is 0 Å². The zero-order valence-electron chi connectivity index (χ0n) is 25.9. The quantitative estimate of drug-likeness (QED) is 0.264. The molecule has 1 fully saturated rings. The van der Waals surface area contributed by atoms with E-state index in [0.717, 1.165) is 36.1 Å². The summed E-state index contributed by atoms with van der Waals surface area (Å²) in [6.07, 6.45) is 7.03. The highest BCUT2D eigenvalue weighted by molar-refractivity contribution is 6.03. The molecular weight excluding hydrogens is 560 g/mol. The summed E-state index contributed by atoms with van der Waals surface area (Å²) >= 11 is 0. The summed E-state index contributed by atoms with van der Waals surface area (Å²) in [5.74, 6) is 2.18. The van der Waals surface area contributed by atoms with E-state index in [1.807, 2.05) is 34.9 Å². The molecule has 0 aromatic heterocycles. The maximum atomic E-state index is 13.4. The maximum Gasteiger partial charge on any atom is 0.256 e. The number of amides is 2. The van der Waals surface area contributed by atoms with Crippen molar-refractivity contribution in [3.63, 3.8) is 0 Å². The Morgan fingerprint density at radius 3 is 2.48 bits per heavy atom. The van der Waals surface area contributed by atoms with Crippen LogP contribution >= 0.6 is 0 Å². The van der Waals surface area contributed by atoms with Gasteiger partial charge in [-0.15, -0.1) is 6.58 Å². The number of aliphatic imine (C=N–C) groups is 1. The SMILES string of the molecule is C=CCCCN1C(=O)c2cc(OC)c(OCCCOc3cc4c(cc3OC)CC(=O)N3CC(=C)C[C@H]3CN4)cc2N=C[C@@H]1C. The number of nitrogens with one attached hydrogen (secondary N) is 1. The van der Waals surface area contributed by atoms with E-state index in [1.54, 1.807) is 32.6 Å². The van der Waals surface area contributed by atoms with Crippen LogP contribution in [0.4, 0.5) is 11.4 Å². The molecule has 10 nitrogen and oxygen atoms in total. The van der Waals surface area contributed by atoms with Gasteiger partial charge in [-0.1, -0.05) is 18.2 Å². The van der Waals surface area contributed by atoms with Crippen LogP contribution in [0.5, 0.6) is 23.0 Å². The lowest BCUT2D eigenvalue weighted by atomic mass is 10.0. The van der Waals surface area contributed by atoms with Crippen LogP contribution in [0.25, 0.3) is 0 Å². The van der Waals surface area contributed by atoms with Gasteiger partial charge in [-0.2, -0.15) is 0 Å². The van der Waals surface area contributed by atoms with Crippen molar-refractivity contribution in [3.8, 4) is 23.0 Å². The fraction of sp³-hybridized carbons (Fsp3) is 0.441. The molecule has 234 valence electrons. The largest absolute Gasteiger partial charge is 0.493 e. The smallest absolute Gasteiger partial charge is 0.256 e. The molecule has 2 aromatic rings. The minimum Gasteiger partial charge on any atom is -0.493 e. The molecule has 2 aromatic carbocycles. The molecule has 0 unspecified atom stereocenters. The van der Waals surface area contributed by atoms with Gasteiger partial charge >= 0.3 is 0 Å². The molecule has 1 N–H and O–H groups in total. The molecule has 2 atom stereocenters. The van der Waals surface area contributed by atoms with Gasteiger partial charge in [-0.25, -0.2) is 0 Å². The highest BCUT2D eigenvalue weighted by Crippen LogP contribution is 2.38. The number of hydrogen-bond acceptors (Lipinski definition) is 8. The molecule has 2 amide bonds. The standard InChI is InChI=1S/C34H42N4O6/c1-6-7-8-10-37-23(3)19-35-28-18-32(30(42-5)16-26(28)34(37)40)44-12-9-11-43-31-17-27-24(14-29(31)41-4)15-33(39)38-21-22(2)13-25(38)20-36-27/h6,14,16-19,23,25,36H,1-2,7-13,15,20-21H2,3-5H3/t23-,25-/m0/s1. The summed E-state index contributed by atoms with van der Waals surface area (Å²) in [6, 6.07) is 7.24. The molecule has 0 radical (unpaired) electrons. The fourth-order valence-electron chi connectivity index (χ4n) is 5.87. The maximum absolute atomic E-state index is 13.4. The van der Waals surface area contributed by atoms with Gasteiger partial charge in [0.05, 0.1) is 57.2 Å². The van der Waals surface area contributed by atoms with E-state index in [0.29, 0.717) is 79.9 Å². The van der Waals surface area contributed by atoms with Gasteiger partial charge in [0, 0.05) is 50.1 Å². The molecule has 0 saturated carbocycles. The van der Waals surface area contributed by atoms with Gasteiger partial charge in [0.1, 0.15) is 0 Å². The fourth-order valence-corrected chi connectivity index (χ4v) is 5.87. The number of benzene rings is 2. The van der Waals surface area contributed by atoms with Crippen molar-refractivity contribution >= 4 is 29.4 Å². The van der Waals surface area contributed by atoms with E-state index in [-0.39, 0.29) is 23.9 Å². The van der Waals surface area contributed by atoms with Crippen molar-refractivity contribution in [1.82, 2.24) is 9.80 Å². The predicted molar refractivity (Wildman–Crippen MR) is 171 cm³/mol. The first-order valence-electron chi connectivity index (χ1n) is 15.2. The Kier molecular flexibility index (Phi) is 9.77. The molecule has 5 rings (SSSR count). The van der Waals surface area contributed by atoms with E-state index >= 15 is 0 Å². The normalized spacial score (nSPS) is 19.2. The number of fused-ring (bicyclic) bond motifs is 3. The minimum absolute atomic E-state index is 0.0810. The lowest BCUT2D eigenvalue weighted by molar-refractivity contribution is -0.131. The Morgan fingerprint density at radius 1 is 1.02 bits per heavy atom. The molecular formula is C34H42N4O6. The number of hydrogen-bond donors (Lipinski definition) is 1. The molecule has 0 aliphatic carbocycles. The number of nitrogens with zero attached hydrogens (tertiary/aromatic N) is 3. The van der Waals surface area contributed by atoms with Crippen LogP contribution < -0.4 is 24.3 Å². The second-order valence-electron chi connectivity index (χ2n) is 11.4. The molecule has 1 saturated heterocycles. The van der Waals surface area contributed by atoms with Crippen molar-refractivity contribution in [3.05, 3.63) is 60.2 Å². The first-order chi connectivity index (χ1) is 21.3. The van der Waals surface area contributed by atoms with Crippen molar-refractivity contribution in [1.29, 1.82) is 0 Å². The van der Waals surface area contributed by atoms with Crippen LogP contribution in [0.1, 0.15) is 48.5 Å². The van der Waals surface area contributed by atoms with Crippen LogP contribution in [-0.4, -0.2) is 87.0 Å². The minimum atomic E-state index is -0.130. The van der Waals surface area contributed by atoms with Crippen molar-refractivity contribution in [2.24, 2.45) is 4.99 Å². The van der Waals surface area contributed by atoms with Crippen LogP contribution in [0.2, 0.25) is 0 Å².